The molecule has 2 aromatic heterocycles. The number of anilines is 1. The number of H-pyrrole nitrogens is 1. The molecule has 6 nitrogen and oxygen atoms in total. The third-order valence-electron chi connectivity index (χ3n) is 3.35. The predicted octanol–water partition coefficient (Wildman–Crippen LogP) is 2.89. The van der Waals surface area contributed by atoms with Crippen molar-refractivity contribution in [3.05, 3.63) is 36.4 Å². The molecular weight excluding hydrogens is 302 g/mol. The highest BCUT2D eigenvalue weighted by Crippen LogP contribution is 2.27. The Kier molecular flexibility index (Phi) is 3.77. The number of hydrogen-bond acceptors (Lipinski definition) is 4. The Hall–Kier alpha value is -2.47. The van der Waals surface area contributed by atoms with Gasteiger partial charge < -0.3 is 10.3 Å². The number of carbonyl (C=O) groups excluding carboxylic acids is 1. The van der Waals surface area contributed by atoms with Crippen molar-refractivity contribution in [2.45, 2.75) is 19.2 Å². The van der Waals surface area contributed by atoms with Gasteiger partial charge in [0.2, 0.25) is 5.91 Å². The van der Waals surface area contributed by atoms with E-state index in [2.05, 4.69) is 25.3 Å². The minimum atomic E-state index is -0.596. The van der Waals surface area contributed by atoms with E-state index in [0.717, 1.165) is 22.3 Å². The van der Waals surface area contributed by atoms with Crippen LogP contribution in [0.2, 0.25) is 0 Å². The Balaban J connectivity index is 2.05. The van der Waals surface area contributed by atoms with Gasteiger partial charge in [0.1, 0.15) is 17.2 Å². The highest BCUT2D eigenvalue weighted by Gasteiger charge is 2.13. The van der Waals surface area contributed by atoms with Crippen molar-refractivity contribution in [3.8, 4) is 11.3 Å². The van der Waals surface area contributed by atoms with E-state index in [0.29, 0.717) is 11.3 Å². The molecule has 2 heterocycles. The van der Waals surface area contributed by atoms with Crippen LogP contribution in [0.4, 0.5) is 5.69 Å². The van der Waals surface area contributed by atoms with Gasteiger partial charge in [-0.25, -0.2) is 15.0 Å². The summed E-state index contributed by atoms with van der Waals surface area (Å²) in [4.78, 5) is 27.4. The molecule has 112 valence electrons. The Morgan fingerprint density at radius 3 is 2.91 bits per heavy atom. The summed E-state index contributed by atoms with van der Waals surface area (Å²) in [7, 11) is 0. The molecule has 1 unspecified atom stereocenters. The number of benzene rings is 1. The lowest BCUT2D eigenvalue weighted by atomic mass is 10.1. The number of hydrogen-bond donors (Lipinski definition) is 2. The van der Waals surface area contributed by atoms with Gasteiger partial charge in [0, 0.05) is 11.3 Å². The van der Waals surface area contributed by atoms with Crippen molar-refractivity contribution in [2.75, 3.05) is 5.32 Å². The third-order valence-corrected chi connectivity index (χ3v) is 3.55. The molecule has 3 rings (SSSR count). The van der Waals surface area contributed by atoms with Crippen LogP contribution in [0.1, 0.15) is 12.5 Å². The average molecular weight is 316 g/mol. The van der Waals surface area contributed by atoms with Crippen LogP contribution in [0, 0.1) is 6.92 Å². The van der Waals surface area contributed by atoms with Gasteiger partial charge in [-0.2, -0.15) is 0 Å². The first kappa shape index (κ1) is 14.5. The first-order chi connectivity index (χ1) is 10.6. The van der Waals surface area contributed by atoms with Crippen LogP contribution >= 0.6 is 11.6 Å². The highest BCUT2D eigenvalue weighted by molar-refractivity contribution is 6.32. The second-order valence-electron chi connectivity index (χ2n) is 4.96. The molecule has 0 radical (unpaired) electrons. The lowest BCUT2D eigenvalue weighted by molar-refractivity contribution is -0.115. The van der Waals surface area contributed by atoms with Crippen molar-refractivity contribution in [1.82, 2.24) is 19.9 Å². The van der Waals surface area contributed by atoms with E-state index in [1.165, 1.54) is 6.33 Å². The molecule has 0 saturated carbocycles. The number of alkyl halides is 1. The topological polar surface area (TPSA) is 83.6 Å². The monoisotopic (exact) mass is 315 g/mol. The zero-order valence-electron chi connectivity index (χ0n) is 12.1. The Labute approximate surface area is 132 Å². The van der Waals surface area contributed by atoms with Crippen LogP contribution in [0.15, 0.2) is 30.9 Å². The predicted molar refractivity (Wildman–Crippen MR) is 85.8 cm³/mol. The number of rotatable bonds is 3. The summed E-state index contributed by atoms with van der Waals surface area (Å²) in [5, 5.41) is 2.23. The van der Waals surface area contributed by atoms with E-state index in [4.69, 9.17) is 11.6 Å². The van der Waals surface area contributed by atoms with Gasteiger partial charge in [-0.3, -0.25) is 4.79 Å². The Bertz CT molecular complexity index is 843. The molecule has 0 aliphatic carbocycles. The molecule has 0 fully saturated rings. The quantitative estimate of drug-likeness (QED) is 0.728. The number of amides is 1. The third kappa shape index (κ3) is 2.65. The van der Waals surface area contributed by atoms with Gasteiger partial charge in [-0.1, -0.05) is 12.1 Å². The summed E-state index contributed by atoms with van der Waals surface area (Å²) in [5.74, 6) is -0.240. The molecule has 1 aromatic carbocycles. The summed E-state index contributed by atoms with van der Waals surface area (Å²) < 4.78 is 0. The first-order valence-corrected chi connectivity index (χ1v) is 7.20. The van der Waals surface area contributed by atoms with Gasteiger partial charge in [0.15, 0.2) is 5.65 Å². The maximum Gasteiger partial charge on any atom is 0.242 e. The fourth-order valence-electron chi connectivity index (χ4n) is 2.12. The second-order valence-corrected chi connectivity index (χ2v) is 5.61. The largest absolute Gasteiger partial charge is 0.341 e. The lowest BCUT2D eigenvalue weighted by Gasteiger charge is -2.11. The van der Waals surface area contributed by atoms with Gasteiger partial charge in [-0.05, 0) is 25.5 Å². The minimum Gasteiger partial charge on any atom is -0.341 e. The van der Waals surface area contributed by atoms with Crippen LogP contribution in [0.5, 0.6) is 0 Å². The number of fused-ring (bicyclic) bond motifs is 1. The number of aromatic nitrogens is 4. The summed E-state index contributed by atoms with van der Waals surface area (Å²) >= 11 is 5.80. The lowest BCUT2D eigenvalue weighted by Crippen LogP contribution is -2.20. The van der Waals surface area contributed by atoms with Gasteiger partial charge in [0.25, 0.3) is 0 Å². The molecule has 22 heavy (non-hydrogen) atoms. The zero-order valence-corrected chi connectivity index (χ0v) is 12.8. The number of carbonyl (C=O) groups is 1. The molecule has 0 aliphatic heterocycles. The number of halogens is 1. The van der Waals surface area contributed by atoms with Crippen molar-refractivity contribution < 1.29 is 4.79 Å². The highest BCUT2D eigenvalue weighted by atomic mass is 35.5. The van der Waals surface area contributed by atoms with Crippen molar-refractivity contribution in [3.63, 3.8) is 0 Å². The van der Waals surface area contributed by atoms with E-state index >= 15 is 0 Å². The fourth-order valence-corrected chi connectivity index (χ4v) is 2.17. The van der Waals surface area contributed by atoms with E-state index < -0.39 is 5.38 Å². The summed E-state index contributed by atoms with van der Waals surface area (Å²) in [6, 6.07) is 5.74. The number of aryl methyl sites for hydroxylation is 1. The minimum absolute atomic E-state index is 0.240. The molecule has 3 aromatic rings. The van der Waals surface area contributed by atoms with Crippen molar-refractivity contribution in [1.29, 1.82) is 0 Å². The van der Waals surface area contributed by atoms with Crippen LogP contribution in [-0.2, 0) is 4.79 Å². The smallest absolute Gasteiger partial charge is 0.242 e. The van der Waals surface area contributed by atoms with E-state index in [9.17, 15) is 4.79 Å². The van der Waals surface area contributed by atoms with E-state index in [1.54, 1.807) is 13.3 Å². The van der Waals surface area contributed by atoms with Crippen LogP contribution < -0.4 is 5.32 Å². The number of aromatic amines is 1. The SMILES string of the molecule is Cc1ccc(-c2ncnc3nc[nH]c23)cc1NC(=O)C(C)Cl. The molecule has 1 atom stereocenters. The number of nitrogens with zero attached hydrogens (tertiary/aromatic N) is 3. The summed E-state index contributed by atoms with van der Waals surface area (Å²) in [6.07, 6.45) is 3.05. The molecule has 0 bridgehead atoms. The molecule has 0 saturated heterocycles. The molecule has 0 aliphatic rings. The zero-order chi connectivity index (χ0) is 15.7. The van der Waals surface area contributed by atoms with Crippen LogP contribution in [0.25, 0.3) is 22.4 Å². The van der Waals surface area contributed by atoms with E-state index in [1.807, 2.05) is 25.1 Å². The maximum absolute atomic E-state index is 11.8. The van der Waals surface area contributed by atoms with Gasteiger partial charge >= 0.3 is 0 Å². The second kappa shape index (κ2) is 5.73. The molecule has 2 N–H and O–H groups in total. The van der Waals surface area contributed by atoms with Crippen LogP contribution in [0.3, 0.4) is 0 Å². The summed E-state index contributed by atoms with van der Waals surface area (Å²) in [5.41, 5.74) is 4.61. The molecule has 7 heteroatoms. The maximum atomic E-state index is 11.8. The van der Waals surface area contributed by atoms with Gasteiger partial charge in [-0.15, -0.1) is 11.6 Å². The average Bonchev–Trinajstić information content (AvgIpc) is 2.97. The van der Waals surface area contributed by atoms with Crippen molar-refractivity contribution in [2.24, 2.45) is 0 Å². The normalized spacial score (nSPS) is 12.3. The standard InChI is InChI=1S/C15H14ClN5O/c1-8-3-4-10(5-11(8)21-15(22)9(2)16)12-13-14(19-6-17-12)20-7-18-13/h3-7,9H,1-2H3,(H,21,22)(H,17,18,19,20). The number of nitrogens with one attached hydrogen (secondary N) is 2. The van der Waals surface area contributed by atoms with E-state index in [-0.39, 0.29) is 5.91 Å². The van der Waals surface area contributed by atoms with Crippen molar-refractivity contribution >= 4 is 34.4 Å². The fraction of sp³-hybridized carbons (Fsp3) is 0.200. The molecule has 0 spiro atoms. The van der Waals surface area contributed by atoms with Crippen LogP contribution in [-0.4, -0.2) is 31.2 Å². The number of imidazole rings is 1. The first-order valence-electron chi connectivity index (χ1n) is 6.76. The van der Waals surface area contributed by atoms with Gasteiger partial charge in [0.05, 0.1) is 12.0 Å². The Morgan fingerprint density at radius 2 is 2.14 bits per heavy atom. The molecule has 1 amide bonds. The summed E-state index contributed by atoms with van der Waals surface area (Å²) in [6.45, 7) is 3.55. The Morgan fingerprint density at radius 1 is 1.32 bits per heavy atom. The molecular formula is C15H14ClN5O.